The van der Waals surface area contributed by atoms with Gasteiger partial charge in [-0.3, -0.25) is 4.79 Å². The van der Waals surface area contributed by atoms with Crippen molar-refractivity contribution in [2.45, 2.75) is 25.8 Å². The van der Waals surface area contributed by atoms with Crippen LogP contribution in [0, 0.1) is 0 Å². The van der Waals surface area contributed by atoms with E-state index in [4.69, 9.17) is 0 Å². The largest absolute Gasteiger partial charge is 0.372 e. The van der Waals surface area contributed by atoms with E-state index in [-0.39, 0.29) is 18.5 Å². The van der Waals surface area contributed by atoms with Gasteiger partial charge in [-0.1, -0.05) is 54.6 Å². The predicted octanol–water partition coefficient (Wildman–Crippen LogP) is 5.24. The number of rotatable bonds is 7. The standard InChI is InChI=1S/C26H29N3O/c1-20(21-9-11-23(12-10-21)22-7-3-2-4-8-22)27-19-26(30)28-24-13-15-25(16-14-24)29-17-5-6-18-29/h2-4,7-16,20,27H,5-6,17-19H2,1H3,(H,28,30)/t20-/m0/s1. The maximum Gasteiger partial charge on any atom is 0.238 e. The highest BCUT2D eigenvalue weighted by atomic mass is 16.1. The average Bonchev–Trinajstić information content (AvgIpc) is 3.34. The Hall–Kier alpha value is -3.11. The number of amides is 1. The van der Waals surface area contributed by atoms with E-state index in [0.717, 1.165) is 24.3 Å². The van der Waals surface area contributed by atoms with Gasteiger partial charge in [0.15, 0.2) is 0 Å². The van der Waals surface area contributed by atoms with E-state index in [2.05, 4.69) is 71.0 Å². The van der Waals surface area contributed by atoms with Crippen LogP contribution in [-0.4, -0.2) is 25.5 Å². The highest BCUT2D eigenvalue weighted by Gasteiger charge is 2.12. The third kappa shape index (κ3) is 5.08. The molecule has 0 unspecified atom stereocenters. The van der Waals surface area contributed by atoms with Crippen LogP contribution in [0.1, 0.15) is 31.4 Å². The van der Waals surface area contributed by atoms with E-state index in [0.29, 0.717) is 0 Å². The van der Waals surface area contributed by atoms with Gasteiger partial charge in [0.1, 0.15) is 0 Å². The lowest BCUT2D eigenvalue weighted by Gasteiger charge is -2.18. The molecule has 1 amide bonds. The third-order valence-corrected chi connectivity index (χ3v) is 5.71. The first kappa shape index (κ1) is 20.2. The summed E-state index contributed by atoms with van der Waals surface area (Å²) in [5, 5.41) is 6.29. The smallest absolute Gasteiger partial charge is 0.238 e. The molecule has 1 atom stereocenters. The van der Waals surface area contributed by atoms with Crippen molar-refractivity contribution in [3.05, 3.63) is 84.4 Å². The molecule has 0 saturated carbocycles. The summed E-state index contributed by atoms with van der Waals surface area (Å²) in [5.41, 5.74) is 5.64. The molecule has 3 aromatic carbocycles. The summed E-state index contributed by atoms with van der Waals surface area (Å²) < 4.78 is 0. The highest BCUT2D eigenvalue weighted by Crippen LogP contribution is 2.23. The van der Waals surface area contributed by atoms with Gasteiger partial charge in [-0.05, 0) is 60.7 Å². The van der Waals surface area contributed by atoms with E-state index in [1.165, 1.54) is 29.7 Å². The molecule has 1 aliphatic heterocycles. The Morgan fingerprint density at radius 1 is 0.867 bits per heavy atom. The van der Waals surface area contributed by atoms with Gasteiger partial charge >= 0.3 is 0 Å². The number of benzene rings is 3. The minimum absolute atomic E-state index is 0.0309. The normalized spacial score (nSPS) is 14.5. The van der Waals surface area contributed by atoms with Crippen LogP contribution in [0.3, 0.4) is 0 Å². The van der Waals surface area contributed by atoms with Gasteiger partial charge in [-0.25, -0.2) is 0 Å². The van der Waals surface area contributed by atoms with E-state index >= 15 is 0 Å². The molecule has 4 rings (SSSR count). The summed E-state index contributed by atoms with van der Waals surface area (Å²) in [6, 6.07) is 27.1. The molecular weight excluding hydrogens is 370 g/mol. The van der Waals surface area contributed by atoms with Gasteiger partial charge in [-0.2, -0.15) is 0 Å². The zero-order chi connectivity index (χ0) is 20.8. The Bertz CT molecular complexity index is 946. The number of hydrogen-bond acceptors (Lipinski definition) is 3. The van der Waals surface area contributed by atoms with Crippen molar-refractivity contribution in [1.29, 1.82) is 0 Å². The molecule has 1 heterocycles. The van der Waals surface area contributed by atoms with Gasteiger partial charge in [0.05, 0.1) is 6.54 Å². The number of anilines is 2. The van der Waals surface area contributed by atoms with Crippen molar-refractivity contribution in [2.24, 2.45) is 0 Å². The number of hydrogen-bond donors (Lipinski definition) is 2. The first-order chi connectivity index (χ1) is 14.7. The lowest BCUT2D eigenvalue weighted by Crippen LogP contribution is -2.30. The molecule has 1 saturated heterocycles. The molecule has 0 radical (unpaired) electrons. The first-order valence-electron chi connectivity index (χ1n) is 10.7. The summed E-state index contributed by atoms with van der Waals surface area (Å²) in [6.07, 6.45) is 2.52. The Morgan fingerprint density at radius 2 is 1.50 bits per heavy atom. The minimum atomic E-state index is -0.0309. The van der Waals surface area contributed by atoms with Crippen molar-refractivity contribution in [2.75, 3.05) is 29.9 Å². The van der Waals surface area contributed by atoms with Gasteiger partial charge in [0, 0.05) is 30.5 Å². The van der Waals surface area contributed by atoms with Crippen LogP contribution in [0.5, 0.6) is 0 Å². The first-order valence-corrected chi connectivity index (χ1v) is 10.7. The van der Waals surface area contributed by atoms with E-state index in [1.807, 2.05) is 30.3 Å². The predicted molar refractivity (Wildman–Crippen MR) is 125 cm³/mol. The number of nitrogens with one attached hydrogen (secondary N) is 2. The Balaban J connectivity index is 1.27. The molecule has 2 N–H and O–H groups in total. The lowest BCUT2D eigenvalue weighted by atomic mass is 10.0. The molecule has 0 aliphatic carbocycles. The lowest BCUT2D eigenvalue weighted by molar-refractivity contribution is -0.115. The van der Waals surface area contributed by atoms with Crippen molar-refractivity contribution < 1.29 is 4.79 Å². The van der Waals surface area contributed by atoms with Crippen LogP contribution in [0.4, 0.5) is 11.4 Å². The third-order valence-electron chi connectivity index (χ3n) is 5.71. The monoisotopic (exact) mass is 399 g/mol. The second-order valence-corrected chi connectivity index (χ2v) is 7.88. The maximum absolute atomic E-state index is 12.3. The number of carbonyl (C=O) groups excluding carboxylic acids is 1. The SMILES string of the molecule is C[C@H](NCC(=O)Nc1ccc(N2CCCC2)cc1)c1ccc(-c2ccccc2)cc1. The molecule has 1 aliphatic rings. The van der Waals surface area contributed by atoms with Gasteiger partial charge in [0.2, 0.25) is 5.91 Å². The second-order valence-electron chi connectivity index (χ2n) is 7.88. The zero-order valence-corrected chi connectivity index (χ0v) is 17.5. The van der Waals surface area contributed by atoms with E-state index in [9.17, 15) is 4.79 Å². The van der Waals surface area contributed by atoms with Crippen LogP contribution >= 0.6 is 0 Å². The molecule has 4 heteroatoms. The van der Waals surface area contributed by atoms with Gasteiger partial charge < -0.3 is 15.5 Å². The summed E-state index contributed by atoms with van der Waals surface area (Å²) in [7, 11) is 0. The maximum atomic E-state index is 12.3. The number of carbonyl (C=O) groups is 1. The van der Waals surface area contributed by atoms with E-state index in [1.54, 1.807) is 0 Å². The second kappa shape index (κ2) is 9.59. The molecule has 30 heavy (non-hydrogen) atoms. The summed E-state index contributed by atoms with van der Waals surface area (Å²) >= 11 is 0. The van der Waals surface area contributed by atoms with E-state index < -0.39 is 0 Å². The fourth-order valence-electron chi connectivity index (χ4n) is 3.89. The molecular formula is C26H29N3O. The summed E-state index contributed by atoms with van der Waals surface area (Å²) in [5.74, 6) is -0.0309. The molecule has 1 fully saturated rings. The topological polar surface area (TPSA) is 44.4 Å². The van der Waals surface area contributed by atoms with Crippen molar-refractivity contribution in [3.63, 3.8) is 0 Å². The Morgan fingerprint density at radius 3 is 2.17 bits per heavy atom. The Labute approximate surface area is 178 Å². The summed E-state index contributed by atoms with van der Waals surface area (Å²) in [6.45, 7) is 4.60. The number of nitrogens with zero attached hydrogens (tertiary/aromatic N) is 1. The highest BCUT2D eigenvalue weighted by molar-refractivity contribution is 5.92. The zero-order valence-electron chi connectivity index (χ0n) is 17.5. The van der Waals surface area contributed by atoms with Crippen molar-refractivity contribution in [1.82, 2.24) is 5.32 Å². The van der Waals surface area contributed by atoms with Gasteiger partial charge in [0.25, 0.3) is 0 Å². The van der Waals surface area contributed by atoms with Crippen LogP contribution in [0.15, 0.2) is 78.9 Å². The van der Waals surface area contributed by atoms with Gasteiger partial charge in [-0.15, -0.1) is 0 Å². The van der Waals surface area contributed by atoms with Crippen LogP contribution < -0.4 is 15.5 Å². The fraction of sp³-hybridized carbons (Fsp3) is 0.269. The van der Waals surface area contributed by atoms with Crippen molar-refractivity contribution in [3.8, 4) is 11.1 Å². The quantitative estimate of drug-likeness (QED) is 0.571. The Kier molecular flexibility index (Phi) is 6.45. The molecule has 4 nitrogen and oxygen atoms in total. The molecule has 0 spiro atoms. The van der Waals surface area contributed by atoms with Crippen LogP contribution in [0.25, 0.3) is 11.1 Å². The average molecular weight is 400 g/mol. The fourth-order valence-corrected chi connectivity index (χ4v) is 3.89. The molecule has 0 bridgehead atoms. The van der Waals surface area contributed by atoms with Crippen LogP contribution in [-0.2, 0) is 4.79 Å². The molecule has 154 valence electrons. The molecule has 0 aromatic heterocycles. The minimum Gasteiger partial charge on any atom is -0.372 e. The van der Waals surface area contributed by atoms with Crippen molar-refractivity contribution >= 4 is 17.3 Å². The van der Waals surface area contributed by atoms with Crippen LogP contribution in [0.2, 0.25) is 0 Å². The molecule has 3 aromatic rings. The summed E-state index contributed by atoms with van der Waals surface area (Å²) in [4.78, 5) is 14.7.